The second-order valence-corrected chi connectivity index (χ2v) is 5.27. The molecule has 1 saturated heterocycles. The molecular weight excluding hydrogens is 149 g/mol. The van der Waals surface area contributed by atoms with Crippen molar-refractivity contribution in [1.29, 1.82) is 0 Å². The Balaban J connectivity index is 2.20. The molecular formula is C6H13NPS+. The van der Waals surface area contributed by atoms with Crippen LogP contribution < -0.4 is 5.09 Å². The summed E-state index contributed by atoms with van der Waals surface area (Å²) >= 11 is 5.19. The van der Waals surface area contributed by atoms with E-state index in [2.05, 4.69) is 5.09 Å². The summed E-state index contributed by atoms with van der Waals surface area (Å²) in [7, 11) is 0. The van der Waals surface area contributed by atoms with E-state index in [0.29, 0.717) is 0 Å². The lowest BCUT2D eigenvalue weighted by atomic mass is 10.2. The van der Waals surface area contributed by atoms with Gasteiger partial charge in [0, 0.05) is 6.54 Å². The van der Waals surface area contributed by atoms with Gasteiger partial charge in [-0.25, -0.2) is 0 Å². The second-order valence-electron chi connectivity index (χ2n) is 2.42. The van der Waals surface area contributed by atoms with Crippen LogP contribution in [-0.2, 0) is 11.8 Å². The van der Waals surface area contributed by atoms with Gasteiger partial charge in [-0.1, -0.05) is 6.42 Å². The molecule has 1 N–H and O–H groups in total. The van der Waals surface area contributed by atoms with Gasteiger partial charge in [0.15, 0.2) is 11.8 Å². The number of nitrogens with one attached hydrogen (secondary N) is 1. The zero-order valence-electron chi connectivity index (χ0n) is 5.60. The van der Waals surface area contributed by atoms with E-state index in [0.717, 1.165) is 6.54 Å². The molecule has 1 heterocycles. The van der Waals surface area contributed by atoms with Crippen LogP contribution >= 0.6 is 6.85 Å². The van der Waals surface area contributed by atoms with Gasteiger partial charge in [-0.05, 0) is 19.3 Å². The third kappa shape index (κ3) is 3.24. The SMILES string of the molecule is S=[P+]1CCCCCCN1. The first-order valence-corrected chi connectivity index (χ1v) is 6.12. The Morgan fingerprint density at radius 1 is 1.11 bits per heavy atom. The molecule has 0 bridgehead atoms. The summed E-state index contributed by atoms with van der Waals surface area (Å²) < 4.78 is 0. The highest BCUT2D eigenvalue weighted by Crippen LogP contribution is 2.20. The van der Waals surface area contributed by atoms with Crippen LogP contribution in [0.25, 0.3) is 0 Å². The van der Waals surface area contributed by atoms with Gasteiger partial charge in [-0.15, -0.1) is 5.09 Å². The maximum atomic E-state index is 5.19. The number of hydrogen-bond acceptors (Lipinski definition) is 1. The van der Waals surface area contributed by atoms with Crippen LogP contribution in [0, 0.1) is 0 Å². The first-order valence-electron chi connectivity index (χ1n) is 3.58. The predicted molar refractivity (Wildman–Crippen MR) is 45.6 cm³/mol. The third-order valence-electron chi connectivity index (χ3n) is 1.58. The minimum Gasteiger partial charge on any atom is -0.133 e. The Morgan fingerprint density at radius 2 is 1.89 bits per heavy atom. The van der Waals surface area contributed by atoms with Gasteiger partial charge in [-0.3, -0.25) is 0 Å². The fourth-order valence-electron chi connectivity index (χ4n) is 1.02. The van der Waals surface area contributed by atoms with E-state index >= 15 is 0 Å². The van der Waals surface area contributed by atoms with E-state index in [1.165, 1.54) is 31.8 Å². The minimum absolute atomic E-state index is 0.202. The van der Waals surface area contributed by atoms with Gasteiger partial charge in [0.1, 0.15) is 6.16 Å². The lowest BCUT2D eigenvalue weighted by Gasteiger charge is -2.01. The third-order valence-corrected chi connectivity index (χ3v) is 3.81. The van der Waals surface area contributed by atoms with E-state index < -0.39 is 0 Å². The van der Waals surface area contributed by atoms with Crippen molar-refractivity contribution in [3.63, 3.8) is 0 Å². The van der Waals surface area contributed by atoms with Crippen LogP contribution in [0.1, 0.15) is 25.7 Å². The fourth-order valence-corrected chi connectivity index (χ4v) is 2.75. The van der Waals surface area contributed by atoms with Crippen molar-refractivity contribution in [3.8, 4) is 0 Å². The zero-order chi connectivity index (χ0) is 6.53. The normalized spacial score (nSPS) is 26.9. The van der Waals surface area contributed by atoms with E-state index in [4.69, 9.17) is 11.8 Å². The van der Waals surface area contributed by atoms with Crippen molar-refractivity contribution < 1.29 is 0 Å². The van der Waals surface area contributed by atoms with Crippen LogP contribution in [0.4, 0.5) is 0 Å². The molecule has 3 heteroatoms. The summed E-state index contributed by atoms with van der Waals surface area (Å²) in [6, 6.07) is 0. The number of hydrogen-bond donors (Lipinski definition) is 1. The summed E-state index contributed by atoms with van der Waals surface area (Å²) in [5, 5.41) is 3.36. The molecule has 1 atom stereocenters. The average molecular weight is 162 g/mol. The predicted octanol–water partition coefficient (Wildman–Crippen LogP) is 2.01. The Labute approximate surface area is 62.7 Å². The van der Waals surface area contributed by atoms with Crippen molar-refractivity contribution in [1.82, 2.24) is 5.09 Å². The van der Waals surface area contributed by atoms with Crippen molar-refractivity contribution >= 4 is 18.7 Å². The Hall–Kier alpha value is 0.480. The van der Waals surface area contributed by atoms with Crippen LogP contribution in [0.2, 0.25) is 0 Å². The van der Waals surface area contributed by atoms with Crippen LogP contribution in [-0.4, -0.2) is 12.7 Å². The molecule has 1 aliphatic rings. The zero-order valence-corrected chi connectivity index (χ0v) is 7.31. The summed E-state index contributed by atoms with van der Waals surface area (Å²) in [4.78, 5) is 0. The summed E-state index contributed by atoms with van der Waals surface area (Å²) in [6.07, 6.45) is 6.73. The molecule has 1 nitrogen and oxygen atoms in total. The van der Waals surface area contributed by atoms with Crippen molar-refractivity contribution in [2.45, 2.75) is 25.7 Å². The van der Waals surface area contributed by atoms with Gasteiger partial charge in [-0.2, -0.15) is 0 Å². The highest BCUT2D eigenvalue weighted by molar-refractivity contribution is 8.04. The monoisotopic (exact) mass is 162 g/mol. The molecule has 0 aromatic heterocycles. The minimum atomic E-state index is -0.202. The molecule has 9 heavy (non-hydrogen) atoms. The molecule has 1 aliphatic heterocycles. The van der Waals surface area contributed by atoms with Crippen molar-refractivity contribution in [3.05, 3.63) is 0 Å². The van der Waals surface area contributed by atoms with E-state index in [1.54, 1.807) is 0 Å². The Kier molecular flexibility index (Phi) is 3.64. The van der Waals surface area contributed by atoms with Gasteiger partial charge in [0.25, 0.3) is 6.85 Å². The van der Waals surface area contributed by atoms with Crippen molar-refractivity contribution in [2.24, 2.45) is 0 Å². The first-order chi connectivity index (χ1) is 4.39. The van der Waals surface area contributed by atoms with E-state index in [1.807, 2.05) is 0 Å². The molecule has 1 fully saturated rings. The molecule has 0 saturated carbocycles. The highest BCUT2D eigenvalue weighted by atomic mass is 32.4. The molecule has 1 unspecified atom stereocenters. The van der Waals surface area contributed by atoms with Gasteiger partial charge in [0.2, 0.25) is 0 Å². The largest absolute Gasteiger partial charge is 0.263 e. The maximum Gasteiger partial charge on any atom is 0.263 e. The molecule has 0 amide bonds. The standard InChI is InChI=1S/C6H13NPS/c9-8-6-4-2-1-3-5-7-8/h1-6H2,(H,7,9)/q+1. The van der Waals surface area contributed by atoms with Crippen LogP contribution in [0.15, 0.2) is 0 Å². The molecule has 0 aromatic rings. The van der Waals surface area contributed by atoms with Crippen LogP contribution in [0.5, 0.6) is 0 Å². The lowest BCUT2D eigenvalue weighted by molar-refractivity contribution is 0.649. The summed E-state index contributed by atoms with van der Waals surface area (Å²) in [5.41, 5.74) is 0. The Bertz CT molecular complexity index is 95.2. The van der Waals surface area contributed by atoms with Gasteiger partial charge >= 0.3 is 0 Å². The summed E-state index contributed by atoms with van der Waals surface area (Å²) in [6.45, 7) is 0.960. The Morgan fingerprint density at radius 3 is 2.78 bits per heavy atom. The number of rotatable bonds is 0. The van der Waals surface area contributed by atoms with Gasteiger partial charge in [0.05, 0.1) is 0 Å². The lowest BCUT2D eigenvalue weighted by Crippen LogP contribution is -2.08. The smallest absolute Gasteiger partial charge is 0.133 e. The molecule has 1 rings (SSSR count). The molecule has 52 valence electrons. The second kappa shape index (κ2) is 4.32. The van der Waals surface area contributed by atoms with Crippen LogP contribution in [0.3, 0.4) is 0 Å². The van der Waals surface area contributed by atoms with E-state index in [-0.39, 0.29) is 6.85 Å². The summed E-state index contributed by atoms with van der Waals surface area (Å²) in [5.74, 6) is 0. The fraction of sp³-hybridized carbons (Fsp3) is 1.00. The molecule has 0 aliphatic carbocycles. The average Bonchev–Trinajstić information content (AvgIpc) is 1.79. The van der Waals surface area contributed by atoms with Crippen molar-refractivity contribution in [2.75, 3.05) is 12.7 Å². The first kappa shape index (κ1) is 7.59. The van der Waals surface area contributed by atoms with Gasteiger partial charge < -0.3 is 0 Å². The van der Waals surface area contributed by atoms with E-state index in [9.17, 15) is 0 Å². The highest BCUT2D eigenvalue weighted by Gasteiger charge is 2.10. The molecule has 0 aromatic carbocycles. The quantitative estimate of drug-likeness (QED) is 0.547. The maximum absolute atomic E-state index is 5.19. The topological polar surface area (TPSA) is 12.0 Å². The molecule has 0 spiro atoms. The molecule has 0 radical (unpaired) electrons.